The highest BCUT2D eigenvalue weighted by Gasteiger charge is 2.50. The molecule has 0 aliphatic carbocycles. The Morgan fingerprint density at radius 3 is 2.24 bits per heavy atom. The molecule has 2 atom stereocenters. The Morgan fingerprint density at radius 2 is 1.66 bits per heavy atom. The molecule has 29 heavy (non-hydrogen) atoms. The summed E-state index contributed by atoms with van der Waals surface area (Å²) in [5.74, 6) is -2.29. The van der Waals surface area contributed by atoms with Gasteiger partial charge in [-0.1, -0.05) is 80.1 Å². The van der Waals surface area contributed by atoms with Crippen molar-refractivity contribution in [2.75, 3.05) is 0 Å². The van der Waals surface area contributed by atoms with E-state index in [1.165, 1.54) is 0 Å². The van der Waals surface area contributed by atoms with E-state index in [0.717, 1.165) is 11.1 Å². The molecule has 3 rings (SSSR count). The average Bonchev–Trinajstić information content (AvgIpc) is 2.75. The summed E-state index contributed by atoms with van der Waals surface area (Å²) in [4.78, 5) is 26.2. The van der Waals surface area contributed by atoms with Gasteiger partial charge in [0, 0.05) is 5.92 Å². The molecule has 2 aromatic carbocycles. The van der Waals surface area contributed by atoms with Gasteiger partial charge in [-0.15, -0.1) is 6.58 Å². The molecule has 0 amide bonds. The standard InChI is InChI=1S/C25H26O4/c1-3-16-25(17-15-18-11-7-5-8-12-18)23(27)22(26)21(24(28)29-25)20(4-2)19-13-9-6-10-14-19/h4-14,20,26H,2-3,15-17H2,1H3. The molecule has 0 radical (unpaired) electrons. The highest BCUT2D eigenvalue weighted by Crippen LogP contribution is 2.39. The largest absolute Gasteiger partial charge is 0.504 e. The van der Waals surface area contributed by atoms with Crippen LogP contribution in [0.1, 0.15) is 43.2 Å². The predicted octanol–water partition coefficient (Wildman–Crippen LogP) is 5.07. The fourth-order valence-electron chi connectivity index (χ4n) is 3.92. The second-order valence-electron chi connectivity index (χ2n) is 7.33. The summed E-state index contributed by atoms with van der Waals surface area (Å²) in [7, 11) is 0. The lowest BCUT2D eigenvalue weighted by molar-refractivity contribution is -0.169. The van der Waals surface area contributed by atoms with Gasteiger partial charge in [0.15, 0.2) is 11.4 Å². The van der Waals surface area contributed by atoms with Crippen LogP contribution in [-0.2, 0) is 20.7 Å². The molecular formula is C25H26O4. The van der Waals surface area contributed by atoms with E-state index in [-0.39, 0.29) is 5.57 Å². The van der Waals surface area contributed by atoms with Crippen LogP contribution in [0.15, 0.2) is 84.7 Å². The van der Waals surface area contributed by atoms with Gasteiger partial charge in [0.2, 0.25) is 5.78 Å². The third kappa shape index (κ3) is 4.16. The number of ether oxygens (including phenoxy) is 1. The third-order valence-corrected chi connectivity index (χ3v) is 5.41. The zero-order valence-electron chi connectivity index (χ0n) is 16.6. The Morgan fingerprint density at radius 1 is 1.03 bits per heavy atom. The van der Waals surface area contributed by atoms with Gasteiger partial charge in [0.25, 0.3) is 0 Å². The number of Topliss-reactive ketones (excluding diaryl/α,β-unsaturated/α-hetero) is 1. The summed E-state index contributed by atoms with van der Waals surface area (Å²) in [6, 6.07) is 18.9. The first kappa shape index (κ1) is 20.6. The lowest BCUT2D eigenvalue weighted by Gasteiger charge is -2.36. The van der Waals surface area contributed by atoms with E-state index >= 15 is 0 Å². The van der Waals surface area contributed by atoms with Crippen LogP contribution >= 0.6 is 0 Å². The molecule has 0 spiro atoms. The molecule has 0 aromatic heterocycles. The van der Waals surface area contributed by atoms with Gasteiger partial charge in [0.05, 0.1) is 5.57 Å². The number of rotatable bonds is 8. The van der Waals surface area contributed by atoms with Gasteiger partial charge >= 0.3 is 5.97 Å². The van der Waals surface area contributed by atoms with Gasteiger partial charge in [0.1, 0.15) is 0 Å². The van der Waals surface area contributed by atoms with Gasteiger partial charge in [-0.3, -0.25) is 4.79 Å². The summed E-state index contributed by atoms with van der Waals surface area (Å²) in [5, 5.41) is 10.8. The first-order chi connectivity index (χ1) is 14.0. The summed E-state index contributed by atoms with van der Waals surface area (Å²) in [6.07, 6.45) is 3.47. The highest BCUT2D eigenvalue weighted by molar-refractivity contribution is 6.11. The molecule has 0 fully saturated rings. The average molecular weight is 390 g/mol. The Kier molecular flexibility index (Phi) is 6.32. The number of aliphatic hydroxyl groups excluding tert-OH is 1. The summed E-state index contributed by atoms with van der Waals surface area (Å²) in [5.41, 5.74) is 0.440. The van der Waals surface area contributed by atoms with E-state index in [0.29, 0.717) is 25.7 Å². The molecule has 1 aliphatic rings. The Hall–Kier alpha value is -3.14. The van der Waals surface area contributed by atoms with E-state index in [4.69, 9.17) is 4.74 Å². The molecule has 4 heteroatoms. The molecule has 2 aromatic rings. The first-order valence-corrected chi connectivity index (χ1v) is 9.95. The maximum Gasteiger partial charge on any atom is 0.339 e. The second kappa shape index (κ2) is 8.91. The lowest BCUT2D eigenvalue weighted by atomic mass is 9.80. The van der Waals surface area contributed by atoms with Gasteiger partial charge in [-0.25, -0.2) is 4.79 Å². The molecule has 1 aliphatic heterocycles. The van der Waals surface area contributed by atoms with Crippen LogP contribution in [0.2, 0.25) is 0 Å². The quantitative estimate of drug-likeness (QED) is 0.505. The molecule has 1 N–H and O–H groups in total. The van der Waals surface area contributed by atoms with Crippen LogP contribution in [0.3, 0.4) is 0 Å². The number of hydrogen-bond donors (Lipinski definition) is 1. The van der Waals surface area contributed by atoms with Crippen molar-refractivity contribution >= 4 is 11.8 Å². The second-order valence-corrected chi connectivity index (χ2v) is 7.33. The van der Waals surface area contributed by atoms with Crippen molar-refractivity contribution in [3.8, 4) is 0 Å². The Bertz CT molecular complexity index is 914. The summed E-state index contributed by atoms with van der Waals surface area (Å²) >= 11 is 0. The SMILES string of the molecule is C=CC(C1=C(O)C(=O)C(CCC)(CCc2ccccc2)OC1=O)c1ccccc1. The maximum atomic E-state index is 13.2. The van der Waals surface area contributed by atoms with Crippen molar-refractivity contribution in [3.63, 3.8) is 0 Å². The number of hydrogen-bond acceptors (Lipinski definition) is 4. The van der Waals surface area contributed by atoms with E-state index in [9.17, 15) is 14.7 Å². The number of ketones is 1. The van der Waals surface area contributed by atoms with Crippen molar-refractivity contribution in [3.05, 3.63) is 95.8 Å². The summed E-state index contributed by atoms with van der Waals surface area (Å²) in [6.45, 7) is 5.72. The van der Waals surface area contributed by atoms with Crippen molar-refractivity contribution in [2.45, 2.75) is 44.1 Å². The third-order valence-electron chi connectivity index (χ3n) is 5.41. The Balaban J connectivity index is 1.96. The number of allylic oxidation sites excluding steroid dienone is 1. The van der Waals surface area contributed by atoms with E-state index in [1.807, 2.05) is 67.6 Å². The van der Waals surface area contributed by atoms with E-state index < -0.39 is 29.0 Å². The van der Waals surface area contributed by atoms with Gasteiger partial charge < -0.3 is 9.84 Å². The number of aryl methyl sites for hydroxylation is 1. The fourth-order valence-corrected chi connectivity index (χ4v) is 3.92. The van der Waals surface area contributed by atoms with Crippen molar-refractivity contribution < 1.29 is 19.4 Å². The highest BCUT2D eigenvalue weighted by atomic mass is 16.6. The number of carbonyl (C=O) groups is 2. The lowest BCUT2D eigenvalue weighted by Crippen LogP contribution is -2.49. The molecular weight excluding hydrogens is 364 g/mol. The number of aliphatic hydroxyl groups is 1. The van der Waals surface area contributed by atoms with Crippen molar-refractivity contribution in [2.24, 2.45) is 0 Å². The monoisotopic (exact) mass is 390 g/mol. The maximum absolute atomic E-state index is 13.2. The minimum absolute atomic E-state index is 0.0392. The minimum Gasteiger partial charge on any atom is -0.504 e. The normalized spacial score (nSPS) is 20.3. The van der Waals surface area contributed by atoms with Crippen LogP contribution in [0, 0.1) is 0 Å². The smallest absolute Gasteiger partial charge is 0.339 e. The topological polar surface area (TPSA) is 63.6 Å². The Labute approximate surface area is 171 Å². The molecule has 150 valence electrons. The molecule has 0 bridgehead atoms. The van der Waals surface area contributed by atoms with Crippen LogP contribution in [-0.4, -0.2) is 22.5 Å². The number of cyclic esters (lactones) is 1. The van der Waals surface area contributed by atoms with Crippen LogP contribution < -0.4 is 0 Å². The van der Waals surface area contributed by atoms with E-state index in [2.05, 4.69) is 6.58 Å². The minimum atomic E-state index is -1.34. The zero-order valence-corrected chi connectivity index (χ0v) is 16.6. The van der Waals surface area contributed by atoms with Gasteiger partial charge in [-0.05, 0) is 30.4 Å². The van der Waals surface area contributed by atoms with Crippen LogP contribution in [0.25, 0.3) is 0 Å². The fraction of sp³-hybridized carbons (Fsp3) is 0.280. The summed E-state index contributed by atoms with van der Waals surface area (Å²) < 4.78 is 5.78. The van der Waals surface area contributed by atoms with Crippen molar-refractivity contribution in [1.82, 2.24) is 0 Å². The van der Waals surface area contributed by atoms with E-state index in [1.54, 1.807) is 6.08 Å². The predicted molar refractivity (Wildman–Crippen MR) is 113 cm³/mol. The number of esters is 1. The zero-order chi connectivity index (χ0) is 20.9. The molecule has 2 unspecified atom stereocenters. The molecule has 0 saturated heterocycles. The molecule has 1 heterocycles. The van der Waals surface area contributed by atoms with Gasteiger partial charge in [-0.2, -0.15) is 0 Å². The number of carbonyl (C=O) groups excluding carboxylic acids is 2. The van der Waals surface area contributed by atoms with Crippen LogP contribution in [0.4, 0.5) is 0 Å². The van der Waals surface area contributed by atoms with Crippen molar-refractivity contribution in [1.29, 1.82) is 0 Å². The van der Waals surface area contributed by atoms with Crippen LogP contribution in [0.5, 0.6) is 0 Å². The number of benzene rings is 2. The molecule has 4 nitrogen and oxygen atoms in total. The first-order valence-electron chi connectivity index (χ1n) is 9.95. The molecule has 0 saturated carbocycles.